The van der Waals surface area contributed by atoms with Gasteiger partial charge in [0, 0.05) is 19.6 Å². The molecule has 0 spiro atoms. The first-order valence-electron chi connectivity index (χ1n) is 14.3. The first-order chi connectivity index (χ1) is 20.3. The quantitative estimate of drug-likeness (QED) is 0.314. The van der Waals surface area contributed by atoms with E-state index in [-0.39, 0.29) is 19.7 Å². The fourth-order valence-corrected chi connectivity index (χ4v) is 4.64. The summed E-state index contributed by atoms with van der Waals surface area (Å²) in [6.45, 7) is 10.5. The van der Waals surface area contributed by atoms with Crippen LogP contribution in [0.25, 0.3) is 0 Å². The Bertz CT molecular complexity index is 1230. The molecule has 1 saturated heterocycles. The van der Waals surface area contributed by atoms with Gasteiger partial charge in [-0.2, -0.15) is 0 Å². The van der Waals surface area contributed by atoms with Crippen LogP contribution in [0.15, 0.2) is 60.7 Å². The number of methoxy groups -OCH3 is 1. The van der Waals surface area contributed by atoms with E-state index in [1.54, 1.807) is 51.1 Å². The van der Waals surface area contributed by atoms with Crippen LogP contribution in [0.4, 0.5) is 9.59 Å². The highest BCUT2D eigenvalue weighted by Gasteiger charge is 2.41. The van der Waals surface area contributed by atoms with Crippen LogP contribution in [-0.4, -0.2) is 84.9 Å². The zero-order chi connectivity index (χ0) is 31.6. The predicted molar refractivity (Wildman–Crippen MR) is 159 cm³/mol. The van der Waals surface area contributed by atoms with Crippen molar-refractivity contribution in [2.45, 2.75) is 65.3 Å². The molecule has 1 aliphatic heterocycles. The van der Waals surface area contributed by atoms with Gasteiger partial charge in [0.15, 0.2) is 0 Å². The van der Waals surface area contributed by atoms with E-state index in [4.69, 9.17) is 18.9 Å². The Morgan fingerprint density at radius 3 is 2.16 bits per heavy atom. The van der Waals surface area contributed by atoms with Gasteiger partial charge in [0.05, 0.1) is 7.11 Å². The van der Waals surface area contributed by atoms with Crippen molar-refractivity contribution in [2.24, 2.45) is 5.41 Å². The van der Waals surface area contributed by atoms with Crippen molar-refractivity contribution >= 4 is 24.1 Å². The number of esters is 2. The molecule has 0 saturated carbocycles. The van der Waals surface area contributed by atoms with E-state index >= 15 is 0 Å². The van der Waals surface area contributed by atoms with Gasteiger partial charge < -0.3 is 24.3 Å². The van der Waals surface area contributed by atoms with Crippen LogP contribution in [0.1, 0.15) is 46.6 Å². The molecule has 43 heavy (non-hydrogen) atoms. The number of hydrogen-bond acceptors (Lipinski definition) is 9. The average molecular weight is 598 g/mol. The monoisotopic (exact) mass is 597 g/mol. The first-order valence-corrected chi connectivity index (χ1v) is 14.3. The lowest BCUT2D eigenvalue weighted by atomic mass is 9.80. The number of hydrogen-bond donors (Lipinski definition) is 1. The third kappa shape index (κ3) is 10.3. The molecule has 11 heteroatoms. The summed E-state index contributed by atoms with van der Waals surface area (Å²) in [4.78, 5) is 55.1. The molecule has 2 amide bonds. The van der Waals surface area contributed by atoms with Crippen molar-refractivity contribution in [1.82, 2.24) is 15.1 Å². The molecule has 2 aromatic rings. The highest BCUT2D eigenvalue weighted by Crippen LogP contribution is 2.28. The maximum absolute atomic E-state index is 13.4. The van der Waals surface area contributed by atoms with E-state index in [9.17, 15) is 19.2 Å². The van der Waals surface area contributed by atoms with E-state index in [1.165, 1.54) is 12.0 Å². The number of piperazine rings is 1. The smallest absolute Gasteiger partial charge is 0.413 e. The highest BCUT2D eigenvalue weighted by atomic mass is 16.6. The van der Waals surface area contributed by atoms with E-state index in [0.717, 1.165) is 5.56 Å². The molecule has 1 aliphatic rings. The van der Waals surface area contributed by atoms with Crippen LogP contribution in [0, 0.1) is 5.41 Å². The third-order valence-electron chi connectivity index (χ3n) is 7.10. The van der Waals surface area contributed by atoms with Gasteiger partial charge >= 0.3 is 24.1 Å². The summed E-state index contributed by atoms with van der Waals surface area (Å²) < 4.78 is 21.5. The van der Waals surface area contributed by atoms with Crippen molar-refractivity contribution in [2.75, 3.05) is 33.3 Å². The van der Waals surface area contributed by atoms with Gasteiger partial charge in [0.25, 0.3) is 0 Å². The number of rotatable bonds is 10. The summed E-state index contributed by atoms with van der Waals surface area (Å²) in [5.74, 6) is -0.797. The summed E-state index contributed by atoms with van der Waals surface area (Å²) in [5, 5.41) is 2.71. The Labute approximate surface area is 253 Å². The molecule has 0 aromatic heterocycles. The minimum Gasteiger partial charge on any atom is -0.467 e. The minimum atomic E-state index is -1.04. The van der Waals surface area contributed by atoms with Crippen LogP contribution in [0.2, 0.25) is 0 Å². The van der Waals surface area contributed by atoms with Crippen molar-refractivity contribution < 1.29 is 38.1 Å². The molecular formula is C32H43N3O8. The Morgan fingerprint density at radius 1 is 0.930 bits per heavy atom. The average Bonchev–Trinajstić information content (AvgIpc) is 2.97. The lowest BCUT2D eigenvalue weighted by Gasteiger charge is -2.41. The standard InChI is InChI=1S/C32H43N3O8/c1-31(2,3)43-30(39)35-20-19-34(21-25(35)27(36)40-6)18-17-32(4,5)26(28(37)41-22-23-13-9-7-10-14-23)33-29(38)42-24-15-11-8-12-16-24/h7-16,25-26H,17-22H2,1-6H3,(H,33,38)/t25-,26+/m0/s1. The van der Waals surface area contributed by atoms with Gasteiger partial charge in [-0.1, -0.05) is 62.4 Å². The molecular weight excluding hydrogens is 554 g/mol. The number of amides is 2. The lowest BCUT2D eigenvalue weighted by Crippen LogP contribution is -2.60. The summed E-state index contributed by atoms with van der Waals surface area (Å²) in [6, 6.07) is 15.9. The number of nitrogens with one attached hydrogen (secondary N) is 1. The second kappa shape index (κ2) is 14.9. The van der Waals surface area contributed by atoms with Crippen LogP contribution in [0.5, 0.6) is 5.75 Å². The predicted octanol–water partition coefficient (Wildman–Crippen LogP) is 4.40. The van der Waals surface area contributed by atoms with Crippen molar-refractivity contribution in [3.63, 3.8) is 0 Å². The number of benzene rings is 2. The molecule has 2 aromatic carbocycles. The van der Waals surface area contributed by atoms with E-state index < -0.39 is 47.2 Å². The Hall–Kier alpha value is -4.12. The lowest BCUT2D eigenvalue weighted by molar-refractivity contribution is -0.150. The second-order valence-corrected chi connectivity index (χ2v) is 12.1. The normalized spacial score (nSPS) is 16.5. The van der Waals surface area contributed by atoms with Crippen LogP contribution >= 0.6 is 0 Å². The van der Waals surface area contributed by atoms with Gasteiger partial charge in [0.2, 0.25) is 0 Å². The molecule has 0 radical (unpaired) electrons. The number of carbonyl (C=O) groups is 4. The second-order valence-electron chi connectivity index (χ2n) is 12.1. The van der Waals surface area contributed by atoms with E-state index in [1.807, 2.05) is 49.1 Å². The molecule has 0 bridgehead atoms. The van der Waals surface area contributed by atoms with E-state index in [0.29, 0.717) is 25.3 Å². The summed E-state index contributed by atoms with van der Waals surface area (Å²) >= 11 is 0. The molecule has 1 fully saturated rings. The molecule has 1 N–H and O–H groups in total. The number of nitrogens with zero attached hydrogens (tertiary/aromatic N) is 2. The topological polar surface area (TPSA) is 124 Å². The Morgan fingerprint density at radius 2 is 1.56 bits per heavy atom. The fraction of sp³-hybridized carbons (Fsp3) is 0.500. The highest BCUT2D eigenvalue weighted by molar-refractivity contribution is 5.83. The van der Waals surface area contributed by atoms with Crippen molar-refractivity contribution in [3.8, 4) is 5.75 Å². The fourth-order valence-electron chi connectivity index (χ4n) is 4.64. The van der Waals surface area contributed by atoms with Gasteiger partial charge in [0.1, 0.15) is 30.0 Å². The Kier molecular flexibility index (Phi) is 11.5. The first kappa shape index (κ1) is 33.4. The summed E-state index contributed by atoms with van der Waals surface area (Å²) in [6.07, 6.45) is -0.910. The zero-order valence-electron chi connectivity index (χ0n) is 25.8. The molecule has 2 atom stereocenters. The van der Waals surface area contributed by atoms with Crippen LogP contribution < -0.4 is 10.1 Å². The van der Waals surface area contributed by atoms with Crippen LogP contribution in [-0.2, 0) is 30.4 Å². The molecule has 11 nitrogen and oxygen atoms in total. The van der Waals surface area contributed by atoms with Crippen LogP contribution in [0.3, 0.4) is 0 Å². The molecule has 0 unspecified atom stereocenters. The maximum atomic E-state index is 13.4. The Balaban J connectivity index is 1.70. The third-order valence-corrected chi connectivity index (χ3v) is 7.10. The molecule has 0 aliphatic carbocycles. The molecule has 234 valence electrons. The maximum Gasteiger partial charge on any atom is 0.413 e. The number of para-hydroxylation sites is 1. The van der Waals surface area contributed by atoms with Gasteiger partial charge in [-0.3, -0.25) is 9.80 Å². The van der Waals surface area contributed by atoms with Crippen molar-refractivity contribution in [3.05, 3.63) is 66.2 Å². The number of carbonyl (C=O) groups excluding carboxylic acids is 4. The summed E-state index contributed by atoms with van der Waals surface area (Å²) in [5.41, 5.74) is -0.680. The minimum absolute atomic E-state index is 0.0507. The SMILES string of the molecule is COC(=O)[C@@H]1CN(CCC(C)(C)[C@H](NC(=O)Oc2ccccc2)C(=O)OCc2ccccc2)CCN1C(=O)OC(C)(C)C. The number of ether oxygens (including phenoxy) is 4. The van der Waals surface area contributed by atoms with Gasteiger partial charge in [-0.15, -0.1) is 0 Å². The van der Waals surface area contributed by atoms with Crippen molar-refractivity contribution in [1.29, 1.82) is 0 Å². The largest absolute Gasteiger partial charge is 0.467 e. The van der Waals surface area contributed by atoms with Gasteiger partial charge in [-0.25, -0.2) is 19.2 Å². The summed E-state index contributed by atoms with van der Waals surface area (Å²) in [7, 11) is 1.28. The molecule has 1 heterocycles. The van der Waals surface area contributed by atoms with E-state index in [2.05, 4.69) is 5.32 Å². The zero-order valence-corrected chi connectivity index (χ0v) is 25.8. The molecule has 3 rings (SSSR count). The van der Waals surface area contributed by atoms with Gasteiger partial charge in [-0.05, 0) is 56.8 Å².